The summed E-state index contributed by atoms with van der Waals surface area (Å²) in [7, 11) is 0. The molecule has 0 aromatic heterocycles. The van der Waals surface area contributed by atoms with E-state index in [9.17, 15) is 4.79 Å². The summed E-state index contributed by atoms with van der Waals surface area (Å²) in [4.78, 5) is 11.4. The average Bonchev–Trinajstić information content (AvgIpc) is 2.26. The molecule has 0 saturated carbocycles. The molecular formula is C11H20N2O2. The molecule has 0 bridgehead atoms. The van der Waals surface area contributed by atoms with Crippen molar-refractivity contribution in [1.82, 2.24) is 5.32 Å². The zero-order chi connectivity index (χ0) is 11.7. The smallest absolute Gasteiger partial charge is 0.247 e. The van der Waals surface area contributed by atoms with Crippen LogP contribution in [0, 0.1) is 11.3 Å². The molecule has 0 aliphatic heterocycles. The molecule has 0 aliphatic rings. The van der Waals surface area contributed by atoms with Gasteiger partial charge in [0.1, 0.15) is 12.1 Å². The van der Waals surface area contributed by atoms with Crippen LogP contribution in [0.15, 0.2) is 0 Å². The van der Waals surface area contributed by atoms with Crippen molar-refractivity contribution in [3.05, 3.63) is 0 Å². The molecule has 1 N–H and O–H groups in total. The van der Waals surface area contributed by atoms with Gasteiger partial charge in [-0.05, 0) is 19.3 Å². The monoisotopic (exact) mass is 212 g/mol. The molecule has 0 aromatic rings. The van der Waals surface area contributed by atoms with Gasteiger partial charge in [0.05, 0.1) is 6.07 Å². The molecule has 0 heterocycles. The number of rotatable bonds is 7. The van der Waals surface area contributed by atoms with Gasteiger partial charge in [0, 0.05) is 6.61 Å². The van der Waals surface area contributed by atoms with E-state index in [1.54, 1.807) is 0 Å². The van der Waals surface area contributed by atoms with E-state index in [1.165, 1.54) is 0 Å². The number of carbonyl (C=O) groups excluding carboxylic acids is 1. The Morgan fingerprint density at radius 3 is 2.40 bits per heavy atom. The van der Waals surface area contributed by atoms with Crippen molar-refractivity contribution < 1.29 is 9.53 Å². The Bertz CT molecular complexity index is 229. The summed E-state index contributed by atoms with van der Waals surface area (Å²) in [5.74, 6) is -0.214. The molecule has 0 rings (SSSR count). The van der Waals surface area contributed by atoms with Crippen LogP contribution in [-0.4, -0.2) is 24.7 Å². The molecule has 0 aromatic carbocycles. The number of hydrogen-bond acceptors (Lipinski definition) is 3. The zero-order valence-electron chi connectivity index (χ0n) is 9.80. The van der Waals surface area contributed by atoms with E-state index in [4.69, 9.17) is 10.00 Å². The van der Waals surface area contributed by atoms with E-state index in [-0.39, 0.29) is 12.5 Å². The Morgan fingerprint density at radius 2 is 2.00 bits per heavy atom. The van der Waals surface area contributed by atoms with E-state index < -0.39 is 5.54 Å². The van der Waals surface area contributed by atoms with Gasteiger partial charge in [-0.1, -0.05) is 20.8 Å². The summed E-state index contributed by atoms with van der Waals surface area (Å²) in [6, 6.07) is 2.15. The lowest BCUT2D eigenvalue weighted by atomic mass is 9.95. The van der Waals surface area contributed by atoms with E-state index in [1.807, 2.05) is 20.8 Å². The van der Waals surface area contributed by atoms with Gasteiger partial charge in [-0.3, -0.25) is 4.79 Å². The lowest BCUT2D eigenvalue weighted by Crippen LogP contribution is -2.47. The normalized spacial score (nSPS) is 10.8. The molecule has 0 aliphatic carbocycles. The first kappa shape index (κ1) is 13.9. The maximum absolute atomic E-state index is 11.4. The molecule has 15 heavy (non-hydrogen) atoms. The Kier molecular flexibility index (Phi) is 6.72. The van der Waals surface area contributed by atoms with Gasteiger partial charge in [0.25, 0.3) is 0 Å². The number of carbonyl (C=O) groups is 1. The fourth-order valence-electron chi connectivity index (χ4n) is 1.23. The predicted molar refractivity (Wildman–Crippen MR) is 58.2 cm³/mol. The summed E-state index contributed by atoms with van der Waals surface area (Å²) in [6.45, 7) is 6.37. The number of nitrogens with one attached hydrogen (secondary N) is 1. The maximum atomic E-state index is 11.4. The first-order valence-corrected chi connectivity index (χ1v) is 5.44. The highest BCUT2D eigenvalue weighted by molar-refractivity contribution is 5.78. The van der Waals surface area contributed by atoms with E-state index in [2.05, 4.69) is 11.4 Å². The third-order valence-electron chi connectivity index (χ3n) is 2.38. The minimum atomic E-state index is -0.730. The van der Waals surface area contributed by atoms with E-state index in [0.29, 0.717) is 19.4 Å². The second-order valence-corrected chi connectivity index (χ2v) is 3.50. The second kappa shape index (κ2) is 7.24. The highest BCUT2D eigenvalue weighted by Crippen LogP contribution is 2.13. The molecule has 1 amide bonds. The quantitative estimate of drug-likeness (QED) is 0.652. The van der Waals surface area contributed by atoms with Crippen LogP contribution in [0.25, 0.3) is 0 Å². The van der Waals surface area contributed by atoms with Gasteiger partial charge in [0.15, 0.2) is 0 Å². The van der Waals surface area contributed by atoms with Crippen LogP contribution >= 0.6 is 0 Å². The minimum Gasteiger partial charge on any atom is -0.372 e. The summed E-state index contributed by atoms with van der Waals surface area (Å²) in [6.07, 6.45) is 2.11. The summed E-state index contributed by atoms with van der Waals surface area (Å²) < 4.78 is 5.10. The summed E-state index contributed by atoms with van der Waals surface area (Å²) >= 11 is 0. The van der Waals surface area contributed by atoms with Crippen LogP contribution in [0.5, 0.6) is 0 Å². The largest absolute Gasteiger partial charge is 0.372 e. The van der Waals surface area contributed by atoms with Gasteiger partial charge in [0.2, 0.25) is 5.91 Å². The topological polar surface area (TPSA) is 62.1 Å². The third kappa shape index (κ3) is 4.80. The van der Waals surface area contributed by atoms with Gasteiger partial charge in [-0.2, -0.15) is 5.26 Å². The molecule has 4 heteroatoms. The van der Waals surface area contributed by atoms with Gasteiger partial charge >= 0.3 is 0 Å². The Balaban J connectivity index is 4.08. The Hall–Kier alpha value is -1.08. The first-order valence-electron chi connectivity index (χ1n) is 5.44. The zero-order valence-corrected chi connectivity index (χ0v) is 9.80. The molecule has 0 radical (unpaired) electrons. The average molecular weight is 212 g/mol. The molecule has 0 saturated heterocycles. The van der Waals surface area contributed by atoms with Crippen molar-refractivity contribution in [2.45, 2.75) is 45.6 Å². The molecule has 0 unspecified atom stereocenters. The van der Waals surface area contributed by atoms with Crippen molar-refractivity contribution in [3.8, 4) is 6.07 Å². The highest BCUT2D eigenvalue weighted by atomic mass is 16.5. The van der Waals surface area contributed by atoms with Crippen molar-refractivity contribution in [2.24, 2.45) is 0 Å². The summed E-state index contributed by atoms with van der Waals surface area (Å²) in [5, 5.41) is 11.7. The van der Waals surface area contributed by atoms with Gasteiger partial charge in [-0.25, -0.2) is 0 Å². The number of amides is 1. The summed E-state index contributed by atoms with van der Waals surface area (Å²) in [5.41, 5.74) is -0.730. The molecule has 0 spiro atoms. The van der Waals surface area contributed by atoms with Crippen molar-refractivity contribution in [3.63, 3.8) is 0 Å². The SMILES string of the molecule is CCCOCC(=O)NC(C#N)(CC)CC. The molecule has 4 nitrogen and oxygen atoms in total. The number of nitriles is 1. The molecule has 0 fully saturated rings. The van der Waals surface area contributed by atoms with Crippen LogP contribution in [0.2, 0.25) is 0 Å². The van der Waals surface area contributed by atoms with Crippen LogP contribution in [-0.2, 0) is 9.53 Å². The van der Waals surface area contributed by atoms with Crippen LogP contribution in [0.3, 0.4) is 0 Å². The standard InChI is InChI=1S/C11H20N2O2/c1-4-7-15-8-10(14)13-11(5-2,6-3)9-12/h4-8H2,1-3H3,(H,13,14). The van der Waals surface area contributed by atoms with Crippen molar-refractivity contribution in [1.29, 1.82) is 5.26 Å². The highest BCUT2D eigenvalue weighted by Gasteiger charge is 2.27. The lowest BCUT2D eigenvalue weighted by molar-refractivity contribution is -0.127. The predicted octanol–water partition coefficient (Wildman–Crippen LogP) is 1.61. The van der Waals surface area contributed by atoms with Gasteiger partial charge in [-0.15, -0.1) is 0 Å². The van der Waals surface area contributed by atoms with Gasteiger partial charge < -0.3 is 10.1 Å². The van der Waals surface area contributed by atoms with E-state index in [0.717, 1.165) is 6.42 Å². The van der Waals surface area contributed by atoms with Crippen LogP contribution in [0.4, 0.5) is 0 Å². The first-order chi connectivity index (χ1) is 7.14. The Labute approximate surface area is 91.6 Å². The maximum Gasteiger partial charge on any atom is 0.247 e. The third-order valence-corrected chi connectivity index (χ3v) is 2.38. The van der Waals surface area contributed by atoms with E-state index >= 15 is 0 Å². The molecular weight excluding hydrogens is 192 g/mol. The number of nitrogens with zero attached hydrogens (tertiary/aromatic N) is 1. The minimum absolute atomic E-state index is 0.0390. The van der Waals surface area contributed by atoms with Crippen molar-refractivity contribution >= 4 is 5.91 Å². The second-order valence-electron chi connectivity index (χ2n) is 3.50. The Morgan fingerprint density at radius 1 is 1.40 bits per heavy atom. The molecule has 86 valence electrons. The fourth-order valence-corrected chi connectivity index (χ4v) is 1.23. The van der Waals surface area contributed by atoms with Crippen LogP contribution < -0.4 is 5.32 Å². The fraction of sp³-hybridized carbons (Fsp3) is 0.818. The van der Waals surface area contributed by atoms with Crippen LogP contribution in [0.1, 0.15) is 40.0 Å². The lowest BCUT2D eigenvalue weighted by Gasteiger charge is -2.24. The number of hydrogen-bond donors (Lipinski definition) is 1. The number of ether oxygens (including phenoxy) is 1. The molecule has 0 atom stereocenters. The van der Waals surface area contributed by atoms with Crippen molar-refractivity contribution in [2.75, 3.05) is 13.2 Å².